The fourth-order valence-corrected chi connectivity index (χ4v) is 1.85. The number of aryl methyl sites for hydroxylation is 1. The van der Waals surface area contributed by atoms with Gasteiger partial charge < -0.3 is 15.8 Å². The molecule has 0 saturated heterocycles. The number of hydrogen-bond donors (Lipinski definition) is 2. The maximum Gasteiger partial charge on any atom is 0.340 e. The maximum absolute atomic E-state index is 13.1. The highest BCUT2D eigenvalue weighted by Gasteiger charge is 2.15. The molecule has 21 heavy (non-hydrogen) atoms. The third kappa shape index (κ3) is 3.28. The molecule has 1 aromatic heterocycles. The van der Waals surface area contributed by atoms with Crippen LogP contribution in [0.5, 0.6) is 0 Å². The first-order chi connectivity index (χ1) is 10.0. The van der Waals surface area contributed by atoms with E-state index >= 15 is 0 Å². The molecule has 0 aliphatic rings. The van der Waals surface area contributed by atoms with Crippen LogP contribution in [0, 0.1) is 12.7 Å². The normalized spacial score (nSPS) is 10.2. The molecule has 0 radical (unpaired) electrons. The summed E-state index contributed by atoms with van der Waals surface area (Å²) in [5.74, 6) is -0.495. The lowest BCUT2D eigenvalue weighted by molar-refractivity contribution is 0.0527. The van der Waals surface area contributed by atoms with E-state index in [9.17, 15) is 9.18 Å². The van der Waals surface area contributed by atoms with Gasteiger partial charge in [-0.1, -0.05) is 0 Å². The van der Waals surface area contributed by atoms with Crippen molar-refractivity contribution in [2.75, 3.05) is 17.7 Å². The van der Waals surface area contributed by atoms with E-state index in [-0.39, 0.29) is 23.7 Å². The van der Waals surface area contributed by atoms with E-state index in [2.05, 4.69) is 10.3 Å². The molecule has 2 rings (SSSR count). The first-order valence-corrected chi connectivity index (χ1v) is 6.47. The van der Waals surface area contributed by atoms with E-state index in [0.717, 1.165) is 0 Å². The summed E-state index contributed by atoms with van der Waals surface area (Å²) in [6, 6.07) is 5.81. The SMILES string of the molecule is CCOC(=O)c1ccnc(Nc2ccc(F)cc2C)c1N. The van der Waals surface area contributed by atoms with Crippen LogP contribution < -0.4 is 11.1 Å². The summed E-state index contributed by atoms with van der Waals surface area (Å²) in [5.41, 5.74) is 7.75. The molecule has 3 N–H and O–H groups in total. The monoisotopic (exact) mass is 289 g/mol. The van der Waals surface area contributed by atoms with Crippen LogP contribution in [0.4, 0.5) is 21.6 Å². The van der Waals surface area contributed by atoms with E-state index in [0.29, 0.717) is 17.1 Å². The number of benzene rings is 1. The Balaban J connectivity index is 2.32. The van der Waals surface area contributed by atoms with Gasteiger partial charge in [0, 0.05) is 11.9 Å². The molecule has 0 spiro atoms. The number of carbonyl (C=O) groups is 1. The molecule has 0 bridgehead atoms. The lowest BCUT2D eigenvalue weighted by Gasteiger charge is -2.13. The topological polar surface area (TPSA) is 77.2 Å². The van der Waals surface area contributed by atoms with Crippen molar-refractivity contribution in [1.82, 2.24) is 4.98 Å². The van der Waals surface area contributed by atoms with Crippen molar-refractivity contribution >= 4 is 23.2 Å². The maximum atomic E-state index is 13.1. The van der Waals surface area contributed by atoms with E-state index in [1.54, 1.807) is 19.9 Å². The van der Waals surface area contributed by atoms with Crippen molar-refractivity contribution in [3.8, 4) is 0 Å². The van der Waals surface area contributed by atoms with Crippen molar-refractivity contribution in [1.29, 1.82) is 0 Å². The highest BCUT2D eigenvalue weighted by molar-refractivity contribution is 5.98. The van der Waals surface area contributed by atoms with Crippen molar-refractivity contribution < 1.29 is 13.9 Å². The van der Waals surface area contributed by atoms with Gasteiger partial charge in [-0.15, -0.1) is 0 Å². The molecule has 1 heterocycles. The number of carbonyl (C=O) groups excluding carboxylic acids is 1. The molecule has 2 aromatic rings. The summed E-state index contributed by atoms with van der Waals surface area (Å²) >= 11 is 0. The molecule has 0 saturated carbocycles. The third-order valence-corrected chi connectivity index (χ3v) is 2.93. The molecule has 0 amide bonds. The van der Waals surface area contributed by atoms with Gasteiger partial charge in [-0.25, -0.2) is 14.2 Å². The molecular formula is C15H16FN3O2. The quantitative estimate of drug-likeness (QED) is 0.846. The van der Waals surface area contributed by atoms with Crippen molar-refractivity contribution in [3.05, 3.63) is 47.4 Å². The van der Waals surface area contributed by atoms with Gasteiger partial charge in [-0.3, -0.25) is 0 Å². The lowest BCUT2D eigenvalue weighted by atomic mass is 10.1. The number of pyridine rings is 1. The molecule has 0 aliphatic heterocycles. The van der Waals surface area contributed by atoms with Crippen molar-refractivity contribution in [2.45, 2.75) is 13.8 Å². The fourth-order valence-electron chi connectivity index (χ4n) is 1.85. The van der Waals surface area contributed by atoms with Gasteiger partial charge in [0.15, 0.2) is 5.82 Å². The number of nitrogen functional groups attached to an aromatic ring is 1. The number of rotatable bonds is 4. The average molecular weight is 289 g/mol. The summed E-state index contributed by atoms with van der Waals surface area (Å²) in [6.45, 7) is 3.74. The molecular weight excluding hydrogens is 273 g/mol. The minimum absolute atomic E-state index is 0.194. The van der Waals surface area contributed by atoms with Crippen LogP contribution in [-0.2, 0) is 4.74 Å². The second-order valence-corrected chi connectivity index (χ2v) is 4.43. The van der Waals surface area contributed by atoms with Crippen LogP contribution in [0.15, 0.2) is 30.5 Å². The second-order valence-electron chi connectivity index (χ2n) is 4.43. The Kier molecular flexibility index (Phi) is 4.37. The van der Waals surface area contributed by atoms with E-state index in [1.807, 2.05) is 0 Å². The number of esters is 1. The van der Waals surface area contributed by atoms with Gasteiger partial charge in [0.05, 0.1) is 17.9 Å². The van der Waals surface area contributed by atoms with E-state index in [1.165, 1.54) is 24.4 Å². The number of ether oxygens (including phenoxy) is 1. The zero-order chi connectivity index (χ0) is 15.4. The Hall–Kier alpha value is -2.63. The molecule has 0 fully saturated rings. The number of hydrogen-bond acceptors (Lipinski definition) is 5. The summed E-state index contributed by atoms with van der Waals surface area (Å²) in [6.07, 6.45) is 1.46. The zero-order valence-corrected chi connectivity index (χ0v) is 11.8. The Morgan fingerprint density at radius 2 is 2.19 bits per heavy atom. The van der Waals surface area contributed by atoms with Gasteiger partial charge in [0.25, 0.3) is 0 Å². The molecule has 6 heteroatoms. The van der Waals surface area contributed by atoms with Crippen LogP contribution in [0.2, 0.25) is 0 Å². The van der Waals surface area contributed by atoms with Crippen LogP contribution in [0.1, 0.15) is 22.8 Å². The molecule has 110 valence electrons. The Bertz CT molecular complexity index is 674. The van der Waals surface area contributed by atoms with Gasteiger partial charge in [0.2, 0.25) is 0 Å². The Morgan fingerprint density at radius 1 is 1.43 bits per heavy atom. The highest BCUT2D eigenvalue weighted by Crippen LogP contribution is 2.26. The smallest absolute Gasteiger partial charge is 0.340 e. The number of aromatic nitrogens is 1. The molecule has 5 nitrogen and oxygen atoms in total. The molecule has 1 aromatic carbocycles. The second kappa shape index (κ2) is 6.21. The fraction of sp³-hybridized carbons (Fsp3) is 0.200. The average Bonchev–Trinajstić information content (AvgIpc) is 2.44. The molecule has 0 unspecified atom stereocenters. The number of nitrogens with one attached hydrogen (secondary N) is 1. The van der Waals surface area contributed by atoms with Crippen molar-refractivity contribution in [3.63, 3.8) is 0 Å². The minimum Gasteiger partial charge on any atom is -0.462 e. The van der Waals surface area contributed by atoms with Gasteiger partial charge >= 0.3 is 5.97 Å². The summed E-state index contributed by atoms with van der Waals surface area (Å²) in [4.78, 5) is 15.9. The number of halogens is 1. The van der Waals surface area contributed by atoms with Gasteiger partial charge in [0.1, 0.15) is 5.82 Å². The Labute approximate surface area is 121 Å². The Morgan fingerprint density at radius 3 is 2.86 bits per heavy atom. The third-order valence-electron chi connectivity index (χ3n) is 2.93. The first-order valence-electron chi connectivity index (χ1n) is 6.47. The van der Waals surface area contributed by atoms with E-state index in [4.69, 9.17) is 10.5 Å². The zero-order valence-electron chi connectivity index (χ0n) is 11.8. The summed E-state index contributed by atoms with van der Waals surface area (Å²) in [5, 5.41) is 2.99. The predicted molar refractivity (Wildman–Crippen MR) is 79.0 cm³/mol. The molecule has 0 aliphatic carbocycles. The van der Waals surface area contributed by atoms with Gasteiger partial charge in [-0.05, 0) is 43.7 Å². The van der Waals surface area contributed by atoms with Crippen LogP contribution in [-0.4, -0.2) is 17.6 Å². The summed E-state index contributed by atoms with van der Waals surface area (Å²) < 4.78 is 18.0. The number of nitrogens with two attached hydrogens (primary N) is 1. The van der Waals surface area contributed by atoms with Crippen LogP contribution >= 0.6 is 0 Å². The van der Waals surface area contributed by atoms with Crippen molar-refractivity contribution in [2.24, 2.45) is 0 Å². The first kappa shape index (κ1) is 14.8. The summed E-state index contributed by atoms with van der Waals surface area (Å²) in [7, 11) is 0. The lowest BCUT2D eigenvalue weighted by Crippen LogP contribution is -2.10. The van der Waals surface area contributed by atoms with Gasteiger partial charge in [-0.2, -0.15) is 0 Å². The van der Waals surface area contributed by atoms with Crippen LogP contribution in [0.25, 0.3) is 0 Å². The molecule has 0 atom stereocenters. The standard InChI is InChI=1S/C15H16FN3O2/c1-3-21-15(20)11-6-7-18-14(13(11)17)19-12-5-4-10(16)8-9(12)2/h4-8H,3,17H2,1-2H3,(H,18,19). The van der Waals surface area contributed by atoms with Crippen LogP contribution in [0.3, 0.4) is 0 Å². The largest absolute Gasteiger partial charge is 0.462 e. The highest BCUT2D eigenvalue weighted by atomic mass is 19.1. The predicted octanol–water partition coefficient (Wildman–Crippen LogP) is 3.03. The number of anilines is 3. The van der Waals surface area contributed by atoms with E-state index < -0.39 is 5.97 Å². The minimum atomic E-state index is -0.503. The number of nitrogens with zero attached hydrogens (tertiary/aromatic N) is 1.